The number of thiocarbonyl (C=S) groups is 1. The van der Waals surface area contributed by atoms with E-state index in [1.165, 1.54) is 40.9 Å². The van der Waals surface area contributed by atoms with Crippen LogP contribution in [0.4, 0.5) is 15.8 Å². The van der Waals surface area contributed by atoms with Gasteiger partial charge in [0.1, 0.15) is 5.82 Å². The molecule has 0 spiro atoms. The minimum Gasteiger partial charge on any atom is -0.493 e. The van der Waals surface area contributed by atoms with Crippen molar-refractivity contribution < 1.29 is 23.5 Å². The minimum atomic E-state index is -0.394. The number of nitrogens with one attached hydrogen (secondary N) is 1. The fraction of sp³-hybridized carbons (Fsp3) is 0.148. The Kier molecular flexibility index (Phi) is 8.63. The van der Waals surface area contributed by atoms with Crippen molar-refractivity contribution in [1.82, 2.24) is 0 Å². The number of benzene rings is 3. The molecule has 1 fully saturated rings. The van der Waals surface area contributed by atoms with Crippen molar-refractivity contribution in [2.45, 2.75) is 13.3 Å². The second kappa shape index (κ2) is 11.9. The number of ether oxygens (including phenoxy) is 2. The molecule has 2 amide bonds. The van der Waals surface area contributed by atoms with E-state index in [-0.39, 0.29) is 5.91 Å². The van der Waals surface area contributed by atoms with E-state index in [1.807, 2.05) is 13.0 Å². The highest BCUT2D eigenvalue weighted by Gasteiger charge is 2.33. The van der Waals surface area contributed by atoms with Gasteiger partial charge in [-0.3, -0.25) is 14.5 Å². The normalized spacial score (nSPS) is 14.3. The van der Waals surface area contributed by atoms with Gasteiger partial charge >= 0.3 is 0 Å². The number of thioether (sulfide) groups is 1. The van der Waals surface area contributed by atoms with Crippen molar-refractivity contribution in [3.05, 3.63) is 87.0 Å². The van der Waals surface area contributed by atoms with Crippen LogP contribution in [0.1, 0.15) is 29.3 Å². The summed E-state index contributed by atoms with van der Waals surface area (Å²) in [5.41, 5.74) is 1.99. The molecule has 3 aromatic rings. The summed E-state index contributed by atoms with van der Waals surface area (Å²) in [5, 5.41) is 2.72. The van der Waals surface area contributed by atoms with Crippen molar-refractivity contribution in [1.29, 1.82) is 0 Å². The minimum absolute atomic E-state index is 0.299. The van der Waals surface area contributed by atoms with E-state index in [0.29, 0.717) is 48.7 Å². The Balaban J connectivity index is 1.56. The van der Waals surface area contributed by atoms with Crippen molar-refractivity contribution in [2.75, 3.05) is 23.9 Å². The van der Waals surface area contributed by atoms with Crippen LogP contribution in [0.5, 0.6) is 11.5 Å². The van der Waals surface area contributed by atoms with Gasteiger partial charge in [0.15, 0.2) is 15.8 Å². The lowest BCUT2D eigenvalue weighted by Crippen LogP contribution is -2.27. The summed E-state index contributed by atoms with van der Waals surface area (Å²) in [6.07, 6.45) is 2.59. The molecule has 0 saturated carbocycles. The van der Waals surface area contributed by atoms with E-state index in [2.05, 4.69) is 21.2 Å². The molecule has 0 bridgehead atoms. The van der Waals surface area contributed by atoms with E-state index in [4.69, 9.17) is 21.7 Å². The van der Waals surface area contributed by atoms with Crippen molar-refractivity contribution in [3.8, 4) is 11.5 Å². The van der Waals surface area contributed by atoms with E-state index in [0.717, 1.165) is 12.0 Å². The van der Waals surface area contributed by atoms with Crippen molar-refractivity contribution in [2.24, 2.45) is 0 Å². The van der Waals surface area contributed by atoms with Crippen LogP contribution in [0.2, 0.25) is 0 Å². The van der Waals surface area contributed by atoms with Crippen LogP contribution >= 0.6 is 39.9 Å². The zero-order valence-electron chi connectivity index (χ0n) is 19.9. The zero-order valence-corrected chi connectivity index (χ0v) is 23.1. The van der Waals surface area contributed by atoms with Gasteiger partial charge in [0, 0.05) is 11.3 Å². The summed E-state index contributed by atoms with van der Waals surface area (Å²) in [7, 11) is 1.56. The first-order valence-electron chi connectivity index (χ1n) is 11.3. The first-order valence-corrected chi connectivity index (χ1v) is 13.3. The van der Waals surface area contributed by atoms with Crippen LogP contribution in [-0.2, 0) is 4.79 Å². The molecule has 4 rings (SSSR count). The highest BCUT2D eigenvalue weighted by molar-refractivity contribution is 9.10. The van der Waals surface area contributed by atoms with Crippen LogP contribution in [0.15, 0.2) is 70.0 Å². The van der Waals surface area contributed by atoms with Crippen LogP contribution < -0.4 is 19.7 Å². The lowest BCUT2D eigenvalue weighted by Gasteiger charge is -2.15. The molecule has 1 heterocycles. The third-order valence-corrected chi connectivity index (χ3v) is 7.15. The fourth-order valence-corrected chi connectivity index (χ4v) is 5.40. The predicted octanol–water partition coefficient (Wildman–Crippen LogP) is 7.04. The van der Waals surface area contributed by atoms with Gasteiger partial charge in [0.2, 0.25) is 0 Å². The first kappa shape index (κ1) is 26.8. The number of hydrogen-bond acceptors (Lipinski definition) is 6. The third kappa shape index (κ3) is 6.20. The SMILES string of the molecule is CCCOc1c(Br)cc(/C=C2/SC(=S)N(c3cccc(C(=O)Nc4ccc(F)cc4)c3)C2=O)cc1OC. The maximum atomic E-state index is 13.3. The summed E-state index contributed by atoms with van der Waals surface area (Å²) in [4.78, 5) is 27.9. The highest BCUT2D eigenvalue weighted by atomic mass is 79.9. The van der Waals surface area contributed by atoms with E-state index >= 15 is 0 Å². The summed E-state index contributed by atoms with van der Waals surface area (Å²) in [6, 6.07) is 15.7. The Bertz CT molecular complexity index is 1400. The van der Waals surface area contributed by atoms with Gasteiger partial charge in [-0.05, 0) is 88.6 Å². The first-order chi connectivity index (χ1) is 17.8. The van der Waals surface area contributed by atoms with E-state index in [1.54, 1.807) is 43.5 Å². The van der Waals surface area contributed by atoms with E-state index < -0.39 is 11.7 Å². The Morgan fingerprint density at radius 2 is 1.95 bits per heavy atom. The molecule has 190 valence electrons. The molecule has 1 aliphatic rings. The molecular formula is C27H22BrFN2O4S2. The average molecular weight is 602 g/mol. The predicted molar refractivity (Wildman–Crippen MR) is 153 cm³/mol. The average Bonchev–Trinajstić information content (AvgIpc) is 3.16. The molecule has 1 saturated heterocycles. The molecule has 0 atom stereocenters. The van der Waals surface area contributed by atoms with Crippen LogP contribution in [-0.4, -0.2) is 29.9 Å². The number of rotatable bonds is 8. The molecule has 6 nitrogen and oxygen atoms in total. The fourth-order valence-electron chi connectivity index (χ4n) is 3.53. The lowest BCUT2D eigenvalue weighted by atomic mass is 10.1. The van der Waals surface area contributed by atoms with Crippen LogP contribution in [0, 0.1) is 5.82 Å². The number of nitrogens with zero attached hydrogens (tertiary/aromatic N) is 1. The van der Waals surface area contributed by atoms with Gasteiger partial charge in [0.25, 0.3) is 11.8 Å². The van der Waals surface area contributed by atoms with Gasteiger partial charge in [-0.25, -0.2) is 4.39 Å². The third-order valence-electron chi connectivity index (χ3n) is 5.26. The highest BCUT2D eigenvalue weighted by Crippen LogP contribution is 2.40. The van der Waals surface area contributed by atoms with Crippen molar-refractivity contribution >= 4 is 73.5 Å². The van der Waals surface area contributed by atoms with Gasteiger partial charge < -0.3 is 14.8 Å². The second-order valence-electron chi connectivity index (χ2n) is 7.91. The zero-order chi connectivity index (χ0) is 26.5. The number of carbonyl (C=O) groups is 2. The quantitative estimate of drug-likeness (QED) is 0.221. The number of anilines is 2. The van der Waals surface area contributed by atoms with Gasteiger partial charge in [-0.1, -0.05) is 37.0 Å². The maximum Gasteiger partial charge on any atom is 0.270 e. The summed E-state index contributed by atoms with van der Waals surface area (Å²) < 4.78 is 25.5. The monoisotopic (exact) mass is 600 g/mol. The Hall–Kier alpha value is -3.21. The molecule has 10 heteroatoms. The molecule has 0 aromatic heterocycles. The number of halogens is 2. The van der Waals surface area contributed by atoms with Gasteiger partial charge in [0.05, 0.1) is 28.8 Å². The standard InChI is InChI=1S/C27H22BrFN2O4S2/c1-3-11-35-24-21(28)12-16(13-22(24)34-2)14-23-26(33)31(27(36)37-23)20-6-4-5-17(15-20)25(32)30-19-9-7-18(29)8-10-19/h4-10,12-15H,3,11H2,1-2H3,(H,30,32)/b23-14+. The molecule has 37 heavy (non-hydrogen) atoms. The van der Waals surface area contributed by atoms with Crippen LogP contribution in [0.3, 0.4) is 0 Å². The summed E-state index contributed by atoms with van der Waals surface area (Å²) in [5.74, 6) is 0.0624. The number of carbonyl (C=O) groups excluding carboxylic acids is 2. The van der Waals surface area contributed by atoms with Gasteiger partial charge in [-0.2, -0.15) is 0 Å². The van der Waals surface area contributed by atoms with Crippen molar-refractivity contribution in [3.63, 3.8) is 0 Å². The summed E-state index contributed by atoms with van der Waals surface area (Å²) >= 11 is 10.2. The molecule has 1 aliphatic heterocycles. The Morgan fingerprint density at radius 1 is 1.19 bits per heavy atom. The molecular weight excluding hydrogens is 579 g/mol. The second-order valence-corrected chi connectivity index (χ2v) is 10.4. The topological polar surface area (TPSA) is 67.9 Å². The number of hydrogen-bond donors (Lipinski definition) is 1. The summed E-state index contributed by atoms with van der Waals surface area (Å²) in [6.45, 7) is 2.57. The largest absolute Gasteiger partial charge is 0.493 e. The maximum absolute atomic E-state index is 13.3. The Morgan fingerprint density at radius 3 is 2.65 bits per heavy atom. The van der Waals surface area contributed by atoms with Crippen LogP contribution in [0.25, 0.3) is 6.08 Å². The lowest BCUT2D eigenvalue weighted by molar-refractivity contribution is -0.113. The molecule has 1 N–H and O–H groups in total. The molecule has 0 aliphatic carbocycles. The van der Waals surface area contributed by atoms with E-state index in [9.17, 15) is 14.0 Å². The molecule has 0 unspecified atom stereocenters. The van der Waals surface area contributed by atoms with Gasteiger partial charge in [-0.15, -0.1) is 0 Å². The smallest absolute Gasteiger partial charge is 0.270 e. The molecule has 3 aromatic carbocycles. The number of amides is 2. The Labute approximate surface area is 232 Å². The molecule has 0 radical (unpaired) electrons. The number of methoxy groups -OCH3 is 1.